The lowest BCUT2D eigenvalue weighted by Gasteiger charge is -2.07. The molecule has 0 spiro atoms. The summed E-state index contributed by atoms with van der Waals surface area (Å²) >= 11 is 3.56. The minimum atomic E-state index is 0.379. The Balaban J connectivity index is 2.19. The second kappa shape index (κ2) is 7.25. The van der Waals surface area contributed by atoms with Crippen LogP contribution in [-0.2, 0) is 5.75 Å². The molecule has 0 bridgehead atoms. The minimum Gasteiger partial charge on any atom is -0.497 e. The molecule has 0 saturated heterocycles. The summed E-state index contributed by atoms with van der Waals surface area (Å²) < 4.78 is 6.58. The van der Waals surface area contributed by atoms with Crippen LogP contribution in [0.15, 0.2) is 39.9 Å². The number of thioether (sulfide) groups is 1. The standard InChI is InChI=1S/C15H15NOS2/c1-17-14-7-6-12(4-2-8-16)13(10-14)11-19-15-5-3-9-18-15/h3,5-7,9-10H,8,11,16H2,1H3. The summed E-state index contributed by atoms with van der Waals surface area (Å²) in [5.41, 5.74) is 7.63. The third kappa shape index (κ3) is 4.03. The Bertz CT molecular complexity index is 582. The molecule has 1 heterocycles. The molecule has 2 N–H and O–H groups in total. The molecule has 2 nitrogen and oxygen atoms in total. The Morgan fingerprint density at radius 3 is 2.95 bits per heavy atom. The van der Waals surface area contributed by atoms with Crippen LogP contribution < -0.4 is 10.5 Å². The highest BCUT2D eigenvalue weighted by Gasteiger charge is 2.04. The van der Waals surface area contributed by atoms with Crippen molar-refractivity contribution in [1.29, 1.82) is 0 Å². The Kier molecular flexibility index (Phi) is 5.34. The number of ether oxygens (including phenoxy) is 1. The van der Waals surface area contributed by atoms with Crippen molar-refractivity contribution in [2.24, 2.45) is 5.73 Å². The van der Waals surface area contributed by atoms with Crippen LogP contribution in [0.2, 0.25) is 0 Å². The van der Waals surface area contributed by atoms with Crippen LogP contribution in [0.1, 0.15) is 11.1 Å². The summed E-state index contributed by atoms with van der Waals surface area (Å²) in [6.45, 7) is 0.379. The molecular weight excluding hydrogens is 274 g/mol. The molecule has 2 aromatic rings. The van der Waals surface area contributed by atoms with Gasteiger partial charge < -0.3 is 10.5 Å². The summed E-state index contributed by atoms with van der Waals surface area (Å²) in [5.74, 6) is 7.76. The summed E-state index contributed by atoms with van der Waals surface area (Å²) in [6.07, 6.45) is 0. The van der Waals surface area contributed by atoms with E-state index in [1.165, 1.54) is 9.77 Å². The van der Waals surface area contributed by atoms with E-state index in [9.17, 15) is 0 Å². The van der Waals surface area contributed by atoms with Gasteiger partial charge in [-0.25, -0.2) is 0 Å². The molecule has 1 aromatic carbocycles. The van der Waals surface area contributed by atoms with Gasteiger partial charge in [-0.2, -0.15) is 0 Å². The lowest BCUT2D eigenvalue weighted by Crippen LogP contribution is -1.95. The van der Waals surface area contributed by atoms with Crippen LogP contribution in [-0.4, -0.2) is 13.7 Å². The minimum absolute atomic E-state index is 0.379. The van der Waals surface area contributed by atoms with E-state index in [-0.39, 0.29) is 0 Å². The molecule has 0 aliphatic heterocycles. The van der Waals surface area contributed by atoms with Gasteiger partial charge in [-0.1, -0.05) is 17.9 Å². The van der Waals surface area contributed by atoms with E-state index in [4.69, 9.17) is 10.5 Å². The van der Waals surface area contributed by atoms with Gasteiger partial charge in [0, 0.05) is 11.3 Å². The topological polar surface area (TPSA) is 35.2 Å². The van der Waals surface area contributed by atoms with Crippen LogP contribution in [0.25, 0.3) is 0 Å². The van der Waals surface area contributed by atoms with Crippen molar-refractivity contribution in [3.8, 4) is 17.6 Å². The zero-order valence-electron chi connectivity index (χ0n) is 10.7. The van der Waals surface area contributed by atoms with Crippen molar-refractivity contribution in [3.63, 3.8) is 0 Å². The van der Waals surface area contributed by atoms with Crippen molar-refractivity contribution in [2.45, 2.75) is 9.96 Å². The first-order chi connectivity index (χ1) is 9.33. The molecule has 19 heavy (non-hydrogen) atoms. The van der Waals surface area contributed by atoms with Gasteiger partial charge in [0.1, 0.15) is 5.75 Å². The number of hydrogen-bond acceptors (Lipinski definition) is 4. The average Bonchev–Trinajstić information content (AvgIpc) is 2.96. The predicted octanol–water partition coefficient (Wildman–Crippen LogP) is 3.36. The molecule has 0 aliphatic carbocycles. The summed E-state index contributed by atoms with van der Waals surface area (Å²) in [6, 6.07) is 10.2. The summed E-state index contributed by atoms with van der Waals surface area (Å²) in [5, 5.41) is 2.09. The Labute approximate surface area is 122 Å². The van der Waals surface area contributed by atoms with Gasteiger partial charge in [0.05, 0.1) is 17.9 Å². The second-order valence-electron chi connectivity index (χ2n) is 3.75. The van der Waals surface area contributed by atoms with Crippen LogP contribution in [0.5, 0.6) is 5.75 Å². The highest BCUT2D eigenvalue weighted by Crippen LogP contribution is 2.29. The fraction of sp³-hybridized carbons (Fsp3) is 0.200. The molecule has 0 radical (unpaired) electrons. The molecule has 0 fully saturated rings. The number of methoxy groups -OCH3 is 1. The number of rotatable bonds is 4. The predicted molar refractivity (Wildman–Crippen MR) is 82.8 cm³/mol. The van der Waals surface area contributed by atoms with E-state index in [1.54, 1.807) is 18.4 Å². The zero-order chi connectivity index (χ0) is 13.5. The van der Waals surface area contributed by atoms with E-state index in [0.29, 0.717) is 6.54 Å². The monoisotopic (exact) mass is 289 g/mol. The first-order valence-electron chi connectivity index (χ1n) is 5.85. The molecule has 0 saturated carbocycles. The van der Waals surface area contributed by atoms with Gasteiger partial charge in [-0.05, 0) is 35.2 Å². The van der Waals surface area contributed by atoms with E-state index in [2.05, 4.69) is 29.4 Å². The summed E-state index contributed by atoms with van der Waals surface area (Å²) in [4.78, 5) is 0. The molecular formula is C15H15NOS2. The Morgan fingerprint density at radius 1 is 1.37 bits per heavy atom. The lowest BCUT2D eigenvalue weighted by atomic mass is 10.1. The zero-order valence-corrected chi connectivity index (χ0v) is 12.3. The van der Waals surface area contributed by atoms with Gasteiger partial charge in [0.15, 0.2) is 0 Å². The van der Waals surface area contributed by atoms with Crippen LogP contribution in [0.3, 0.4) is 0 Å². The highest BCUT2D eigenvalue weighted by atomic mass is 32.2. The molecule has 0 atom stereocenters. The number of benzene rings is 1. The molecule has 98 valence electrons. The van der Waals surface area contributed by atoms with Gasteiger partial charge in [-0.3, -0.25) is 0 Å². The van der Waals surface area contributed by atoms with Crippen molar-refractivity contribution in [3.05, 3.63) is 46.8 Å². The molecule has 0 unspecified atom stereocenters. The smallest absolute Gasteiger partial charge is 0.119 e. The van der Waals surface area contributed by atoms with Gasteiger partial charge >= 0.3 is 0 Å². The molecule has 4 heteroatoms. The largest absolute Gasteiger partial charge is 0.497 e. The maximum atomic E-state index is 5.43. The van der Waals surface area contributed by atoms with Crippen LogP contribution >= 0.6 is 23.1 Å². The first kappa shape index (κ1) is 14.0. The summed E-state index contributed by atoms with van der Waals surface area (Å²) in [7, 11) is 1.68. The van der Waals surface area contributed by atoms with Crippen molar-refractivity contribution in [2.75, 3.05) is 13.7 Å². The van der Waals surface area contributed by atoms with Crippen LogP contribution in [0, 0.1) is 11.8 Å². The lowest BCUT2D eigenvalue weighted by molar-refractivity contribution is 0.414. The fourth-order valence-corrected chi connectivity index (χ4v) is 3.35. The maximum absolute atomic E-state index is 5.43. The third-order valence-electron chi connectivity index (χ3n) is 2.50. The van der Waals surface area contributed by atoms with Crippen molar-refractivity contribution >= 4 is 23.1 Å². The normalized spacial score (nSPS) is 9.79. The maximum Gasteiger partial charge on any atom is 0.119 e. The van der Waals surface area contributed by atoms with E-state index < -0.39 is 0 Å². The van der Waals surface area contributed by atoms with Crippen molar-refractivity contribution < 1.29 is 4.74 Å². The quantitative estimate of drug-likeness (QED) is 0.692. The molecule has 1 aromatic heterocycles. The third-order valence-corrected chi connectivity index (χ3v) is 4.68. The highest BCUT2D eigenvalue weighted by molar-refractivity contribution is 8.00. The van der Waals surface area contributed by atoms with E-state index >= 15 is 0 Å². The van der Waals surface area contributed by atoms with Gasteiger partial charge in [-0.15, -0.1) is 23.1 Å². The second-order valence-corrected chi connectivity index (χ2v) is 5.97. The number of thiophene rings is 1. The number of nitrogens with two attached hydrogens (primary N) is 1. The SMILES string of the molecule is COc1ccc(C#CCN)c(CSc2cccs2)c1. The van der Waals surface area contributed by atoms with Gasteiger partial charge in [0.25, 0.3) is 0 Å². The van der Waals surface area contributed by atoms with E-state index in [1.807, 2.05) is 30.0 Å². The van der Waals surface area contributed by atoms with E-state index in [0.717, 1.165) is 17.1 Å². The average molecular weight is 289 g/mol. The number of hydrogen-bond donors (Lipinski definition) is 1. The molecule has 0 amide bonds. The van der Waals surface area contributed by atoms with Crippen LogP contribution in [0.4, 0.5) is 0 Å². The Morgan fingerprint density at radius 2 is 2.26 bits per heavy atom. The Hall–Kier alpha value is -1.41. The molecule has 2 rings (SSSR count). The van der Waals surface area contributed by atoms with Gasteiger partial charge in [0.2, 0.25) is 0 Å². The molecule has 0 aliphatic rings. The van der Waals surface area contributed by atoms with Crippen molar-refractivity contribution in [1.82, 2.24) is 0 Å². The fourth-order valence-electron chi connectivity index (χ4n) is 1.58. The first-order valence-corrected chi connectivity index (χ1v) is 7.72.